The maximum absolute atomic E-state index is 13.1. The lowest BCUT2D eigenvalue weighted by Crippen LogP contribution is -2.58. The zero-order chi connectivity index (χ0) is 23.1. The van der Waals surface area contributed by atoms with E-state index in [9.17, 15) is 9.59 Å². The summed E-state index contributed by atoms with van der Waals surface area (Å²) in [6, 6.07) is 5.18. The van der Waals surface area contributed by atoms with E-state index in [0.717, 1.165) is 25.8 Å². The molecule has 2 aliphatic rings. The van der Waals surface area contributed by atoms with Crippen LogP contribution in [0.1, 0.15) is 56.3 Å². The summed E-state index contributed by atoms with van der Waals surface area (Å²) in [6.07, 6.45) is 5.64. The fourth-order valence-corrected chi connectivity index (χ4v) is 4.86. The van der Waals surface area contributed by atoms with Crippen LogP contribution in [0.4, 0.5) is 0 Å². The third-order valence-electron chi connectivity index (χ3n) is 6.73. The minimum Gasteiger partial charge on any atom is -0.497 e. The van der Waals surface area contributed by atoms with Crippen molar-refractivity contribution in [3.05, 3.63) is 23.8 Å². The number of piperazine rings is 1. The summed E-state index contributed by atoms with van der Waals surface area (Å²) >= 11 is 0. The van der Waals surface area contributed by atoms with Gasteiger partial charge in [-0.05, 0) is 43.2 Å². The first-order valence-electron chi connectivity index (χ1n) is 12.0. The number of carbonyl (C=O) groups is 2. The summed E-state index contributed by atoms with van der Waals surface area (Å²) in [5, 5.41) is 3.18. The molecule has 7 heteroatoms. The van der Waals surface area contributed by atoms with E-state index in [1.54, 1.807) is 32.4 Å². The molecule has 1 aromatic carbocycles. The molecule has 2 fully saturated rings. The molecule has 1 saturated heterocycles. The molecule has 3 rings (SSSR count). The second-order valence-electron chi connectivity index (χ2n) is 9.39. The van der Waals surface area contributed by atoms with Crippen molar-refractivity contribution in [3.63, 3.8) is 0 Å². The third kappa shape index (κ3) is 6.15. The molecule has 1 aliphatic carbocycles. The maximum atomic E-state index is 13.1. The van der Waals surface area contributed by atoms with Gasteiger partial charge in [0.15, 0.2) is 0 Å². The number of nitrogens with zero attached hydrogens (tertiary/aromatic N) is 2. The number of rotatable bonds is 9. The van der Waals surface area contributed by atoms with Gasteiger partial charge in [-0.25, -0.2) is 0 Å². The highest BCUT2D eigenvalue weighted by atomic mass is 16.5. The number of benzene rings is 1. The molecular weight excluding hydrogens is 406 g/mol. The number of amides is 2. The topological polar surface area (TPSA) is 71.1 Å². The van der Waals surface area contributed by atoms with Gasteiger partial charge < -0.3 is 19.7 Å². The smallest absolute Gasteiger partial charge is 0.254 e. The molecule has 0 aromatic heterocycles. The van der Waals surface area contributed by atoms with Crippen molar-refractivity contribution in [3.8, 4) is 11.5 Å². The predicted molar refractivity (Wildman–Crippen MR) is 125 cm³/mol. The largest absolute Gasteiger partial charge is 0.497 e. The van der Waals surface area contributed by atoms with Crippen LogP contribution in [-0.4, -0.2) is 74.6 Å². The van der Waals surface area contributed by atoms with E-state index in [1.165, 1.54) is 12.8 Å². The number of hydrogen-bond donors (Lipinski definition) is 1. The van der Waals surface area contributed by atoms with Gasteiger partial charge in [-0.1, -0.05) is 26.7 Å². The molecule has 1 heterocycles. The third-order valence-corrected chi connectivity index (χ3v) is 6.73. The van der Waals surface area contributed by atoms with Gasteiger partial charge in [0.25, 0.3) is 5.91 Å². The van der Waals surface area contributed by atoms with Crippen LogP contribution in [0, 0.1) is 11.8 Å². The van der Waals surface area contributed by atoms with E-state index in [4.69, 9.17) is 9.47 Å². The number of ether oxygens (including phenoxy) is 2. The Kier molecular flexibility index (Phi) is 8.79. The molecule has 0 radical (unpaired) electrons. The number of methoxy groups -OCH3 is 2. The molecule has 0 bridgehead atoms. The molecule has 1 atom stereocenters. The molecule has 0 spiro atoms. The summed E-state index contributed by atoms with van der Waals surface area (Å²) < 4.78 is 10.6. The second kappa shape index (κ2) is 11.5. The summed E-state index contributed by atoms with van der Waals surface area (Å²) in [4.78, 5) is 30.4. The normalized spacial score (nSPS) is 18.6. The van der Waals surface area contributed by atoms with Crippen molar-refractivity contribution in [1.29, 1.82) is 0 Å². The van der Waals surface area contributed by atoms with Crippen LogP contribution in [0.25, 0.3) is 0 Å². The van der Waals surface area contributed by atoms with Crippen LogP contribution in [0.3, 0.4) is 0 Å². The molecular formula is C25H39N3O4. The summed E-state index contributed by atoms with van der Waals surface area (Å²) in [6.45, 7) is 7.73. The lowest BCUT2D eigenvalue weighted by atomic mass is 9.94. The Hall–Kier alpha value is -2.28. The summed E-state index contributed by atoms with van der Waals surface area (Å²) in [7, 11) is 3.16. The first-order chi connectivity index (χ1) is 15.4. The Morgan fingerprint density at radius 3 is 2.12 bits per heavy atom. The van der Waals surface area contributed by atoms with Gasteiger partial charge in [-0.3, -0.25) is 14.5 Å². The molecule has 1 unspecified atom stereocenters. The van der Waals surface area contributed by atoms with Crippen LogP contribution >= 0.6 is 0 Å². The predicted octanol–water partition coefficient (Wildman–Crippen LogP) is 3.18. The highest BCUT2D eigenvalue weighted by Crippen LogP contribution is 2.31. The average molecular weight is 446 g/mol. The molecule has 1 N–H and O–H groups in total. The van der Waals surface area contributed by atoms with Gasteiger partial charge >= 0.3 is 0 Å². The highest BCUT2D eigenvalue weighted by Gasteiger charge is 2.37. The lowest BCUT2D eigenvalue weighted by Gasteiger charge is -2.40. The number of nitrogens with one attached hydrogen (secondary N) is 1. The van der Waals surface area contributed by atoms with Crippen LogP contribution in [0.2, 0.25) is 0 Å². The summed E-state index contributed by atoms with van der Waals surface area (Å²) in [5.74, 6) is 2.33. The van der Waals surface area contributed by atoms with E-state index in [-0.39, 0.29) is 17.9 Å². The van der Waals surface area contributed by atoms with E-state index < -0.39 is 0 Å². The van der Waals surface area contributed by atoms with Crippen molar-refractivity contribution < 1.29 is 19.1 Å². The van der Waals surface area contributed by atoms with E-state index >= 15 is 0 Å². The van der Waals surface area contributed by atoms with Crippen LogP contribution < -0.4 is 14.8 Å². The van der Waals surface area contributed by atoms with Crippen LogP contribution in [0.15, 0.2) is 18.2 Å². The Morgan fingerprint density at radius 2 is 1.59 bits per heavy atom. The molecule has 1 aliphatic heterocycles. The fourth-order valence-electron chi connectivity index (χ4n) is 4.86. The molecule has 32 heavy (non-hydrogen) atoms. The highest BCUT2D eigenvalue weighted by molar-refractivity contribution is 5.95. The molecule has 1 aromatic rings. The van der Waals surface area contributed by atoms with Gasteiger partial charge in [0.05, 0.1) is 20.3 Å². The van der Waals surface area contributed by atoms with Gasteiger partial charge in [0, 0.05) is 44.4 Å². The number of hydrogen-bond acceptors (Lipinski definition) is 5. The van der Waals surface area contributed by atoms with Gasteiger partial charge in [-0.15, -0.1) is 0 Å². The molecule has 1 saturated carbocycles. The second-order valence-corrected chi connectivity index (χ2v) is 9.39. The minimum absolute atomic E-state index is 0.0272. The fraction of sp³-hybridized carbons (Fsp3) is 0.680. The van der Waals surface area contributed by atoms with Crippen molar-refractivity contribution >= 4 is 11.8 Å². The van der Waals surface area contributed by atoms with E-state index in [1.807, 2.05) is 4.90 Å². The standard InChI is InChI=1S/C25H39N3O4/c1-18(2)9-10-26-24(29)23(19-7-5-6-8-19)27-11-13-28(14-12-27)25(30)20-15-21(31-3)17-22(16-20)32-4/h15-19,23H,5-14H2,1-4H3,(H,26,29). The van der Waals surface area contributed by atoms with E-state index in [2.05, 4.69) is 24.1 Å². The Balaban J connectivity index is 1.64. The Bertz CT molecular complexity index is 746. The van der Waals surface area contributed by atoms with Gasteiger partial charge in [0.2, 0.25) is 5.91 Å². The summed E-state index contributed by atoms with van der Waals surface area (Å²) in [5.41, 5.74) is 0.563. The van der Waals surface area contributed by atoms with Crippen molar-refractivity contribution in [2.45, 2.75) is 52.0 Å². The van der Waals surface area contributed by atoms with E-state index in [0.29, 0.717) is 55.1 Å². The lowest BCUT2D eigenvalue weighted by molar-refractivity contribution is -0.129. The Morgan fingerprint density at radius 1 is 1.00 bits per heavy atom. The zero-order valence-electron chi connectivity index (χ0n) is 20.1. The SMILES string of the molecule is COc1cc(OC)cc(C(=O)N2CCN(C(C(=O)NCCC(C)C)C3CCCC3)CC2)c1. The molecule has 178 valence electrons. The molecule has 7 nitrogen and oxygen atoms in total. The van der Waals surface area contributed by atoms with Gasteiger partial charge in [0.1, 0.15) is 11.5 Å². The quantitative estimate of drug-likeness (QED) is 0.632. The maximum Gasteiger partial charge on any atom is 0.254 e. The van der Waals surface area contributed by atoms with Crippen molar-refractivity contribution in [2.24, 2.45) is 11.8 Å². The van der Waals surface area contributed by atoms with Crippen LogP contribution in [-0.2, 0) is 4.79 Å². The molecule has 2 amide bonds. The van der Waals surface area contributed by atoms with Crippen LogP contribution in [0.5, 0.6) is 11.5 Å². The van der Waals surface area contributed by atoms with Crippen molar-refractivity contribution in [1.82, 2.24) is 15.1 Å². The first-order valence-corrected chi connectivity index (χ1v) is 12.0. The zero-order valence-corrected chi connectivity index (χ0v) is 20.1. The van der Waals surface area contributed by atoms with Crippen molar-refractivity contribution in [2.75, 3.05) is 46.9 Å². The monoisotopic (exact) mass is 445 g/mol. The number of carbonyl (C=O) groups excluding carboxylic acids is 2. The average Bonchev–Trinajstić information content (AvgIpc) is 3.33. The van der Waals surface area contributed by atoms with Gasteiger partial charge in [-0.2, -0.15) is 0 Å². The minimum atomic E-state index is -0.0844. The first kappa shape index (κ1) is 24.4. The Labute approximate surface area is 192 Å².